The third-order valence-corrected chi connectivity index (χ3v) is 4.90. The van der Waals surface area contributed by atoms with Crippen LogP contribution in [-0.2, 0) is 16.9 Å². The zero-order valence-electron chi connectivity index (χ0n) is 14.2. The molecule has 3 rings (SSSR count). The Hall–Kier alpha value is -2.74. The van der Waals surface area contributed by atoms with Gasteiger partial charge in [-0.05, 0) is 12.5 Å². The number of aromatic nitrogens is 4. The summed E-state index contributed by atoms with van der Waals surface area (Å²) in [4.78, 5) is 12.8. The molecule has 0 aliphatic rings. The topological polar surface area (TPSA) is 89.8 Å². The molecule has 0 aliphatic carbocycles. The molecule has 0 unspecified atom stereocenters. The second-order valence-electron chi connectivity index (χ2n) is 5.79. The molecule has 2 aromatic heterocycles. The van der Waals surface area contributed by atoms with Crippen LogP contribution in [-0.4, -0.2) is 34.2 Å². The van der Waals surface area contributed by atoms with Crippen molar-refractivity contribution in [2.45, 2.75) is 17.9 Å². The van der Waals surface area contributed by atoms with Crippen molar-refractivity contribution < 1.29 is 8.42 Å². The van der Waals surface area contributed by atoms with E-state index in [1.165, 1.54) is 6.20 Å². The van der Waals surface area contributed by atoms with E-state index in [2.05, 4.69) is 20.3 Å². The molecule has 0 radical (unpaired) electrons. The quantitative estimate of drug-likeness (QED) is 0.752. The van der Waals surface area contributed by atoms with Gasteiger partial charge < -0.3 is 9.88 Å². The third kappa shape index (κ3) is 3.69. The van der Waals surface area contributed by atoms with Crippen LogP contribution in [0.5, 0.6) is 0 Å². The monoisotopic (exact) mass is 357 g/mol. The van der Waals surface area contributed by atoms with Crippen LogP contribution in [0.1, 0.15) is 23.3 Å². The van der Waals surface area contributed by atoms with E-state index in [0.29, 0.717) is 5.82 Å². The highest BCUT2D eigenvalue weighted by molar-refractivity contribution is 7.90. The van der Waals surface area contributed by atoms with E-state index >= 15 is 0 Å². The normalized spacial score (nSPS) is 12.8. The summed E-state index contributed by atoms with van der Waals surface area (Å²) in [5, 5.41) is 3.24. The molecule has 0 aliphatic heterocycles. The molecule has 130 valence electrons. The second-order valence-corrected chi connectivity index (χ2v) is 7.77. The minimum absolute atomic E-state index is 0.0632. The third-order valence-electron chi connectivity index (χ3n) is 3.81. The highest BCUT2D eigenvalue weighted by atomic mass is 32.2. The second kappa shape index (κ2) is 6.64. The number of aryl methyl sites for hydroxylation is 2. The van der Waals surface area contributed by atoms with Gasteiger partial charge in [0.2, 0.25) is 0 Å². The fourth-order valence-corrected chi connectivity index (χ4v) is 3.27. The minimum atomic E-state index is -3.47. The standard InChI is InChI=1S/C17H19N5O2S/c1-12-19-11-14(25(3,23)24)16(20-12)21-15(13-7-5-4-6-8-13)17-18-9-10-22(17)2/h4-11,15H,1-3H3,(H,19,20,21)/t15-/m0/s1. The van der Waals surface area contributed by atoms with Crippen LogP contribution >= 0.6 is 0 Å². The number of hydrogen-bond donors (Lipinski definition) is 1. The highest BCUT2D eigenvalue weighted by Crippen LogP contribution is 2.27. The van der Waals surface area contributed by atoms with Gasteiger partial charge in [-0.15, -0.1) is 0 Å². The lowest BCUT2D eigenvalue weighted by molar-refractivity contribution is 0.601. The Bertz CT molecular complexity index is 983. The van der Waals surface area contributed by atoms with E-state index in [1.54, 1.807) is 13.1 Å². The predicted octanol–water partition coefficient (Wildman–Crippen LogP) is 2.12. The lowest BCUT2D eigenvalue weighted by Crippen LogP contribution is -2.19. The van der Waals surface area contributed by atoms with Gasteiger partial charge in [-0.1, -0.05) is 30.3 Å². The van der Waals surface area contributed by atoms with Crippen LogP contribution in [0.2, 0.25) is 0 Å². The van der Waals surface area contributed by atoms with Crippen molar-refractivity contribution in [3.63, 3.8) is 0 Å². The van der Waals surface area contributed by atoms with Gasteiger partial charge in [0, 0.05) is 25.7 Å². The Morgan fingerprint density at radius 3 is 2.48 bits per heavy atom. The first kappa shape index (κ1) is 17.1. The number of anilines is 1. The van der Waals surface area contributed by atoms with Crippen LogP contribution in [0.25, 0.3) is 0 Å². The van der Waals surface area contributed by atoms with E-state index in [4.69, 9.17) is 0 Å². The SMILES string of the molecule is Cc1ncc(S(C)(=O)=O)c(N[C@@H](c2ccccc2)c2nccn2C)n1. The Morgan fingerprint density at radius 1 is 1.16 bits per heavy atom. The molecular weight excluding hydrogens is 338 g/mol. The summed E-state index contributed by atoms with van der Waals surface area (Å²) in [7, 11) is -1.58. The summed E-state index contributed by atoms with van der Waals surface area (Å²) >= 11 is 0. The van der Waals surface area contributed by atoms with Crippen molar-refractivity contribution in [3.8, 4) is 0 Å². The first-order valence-electron chi connectivity index (χ1n) is 7.68. The number of benzene rings is 1. The average molecular weight is 357 g/mol. The summed E-state index contributed by atoms with van der Waals surface area (Å²) in [5.74, 6) is 1.51. The Morgan fingerprint density at radius 2 is 1.88 bits per heavy atom. The van der Waals surface area contributed by atoms with Gasteiger partial charge in [-0.25, -0.2) is 23.4 Å². The van der Waals surface area contributed by atoms with Crippen LogP contribution < -0.4 is 5.32 Å². The van der Waals surface area contributed by atoms with Crippen molar-refractivity contribution in [1.82, 2.24) is 19.5 Å². The van der Waals surface area contributed by atoms with Gasteiger partial charge in [0.05, 0.1) is 6.20 Å². The molecule has 7 nitrogen and oxygen atoms in total. The Labute approximate surface area is 146 Å². The molecule has 0 amide bonds. The lowest BCUT2D eigenvalue weighted by atomic mass is 10.1. The van der Waals surface area contributed by atoms with E-state index in [1.807, 2.05) is 48.1 Å². The summed E-state index contributed by atoms with van der Waals surface area (Å²) in [6.45, 7) is 1.72. The molecule has 2 heterocycles. The summed E-state index contributed by atoms with van der Waals surface area (Å²) in [6, 6.07) is 9.35. The van der Waals surface area contributed by atoms with Crippen LogP contribution in [0.4, 0.5) is 5.82 Å². The van der Waals surface area contributed by atoms with Crippen LogP contribution in [0.15, 0.2) is 53.8 Å². The molecule has 0 saturated carbocycles. The van der Waals surface area contributed by atoms with Gasteiger partial charge in [0.15, 0.2) is 9.84 Å². The first-order valence-corrected chi connectivity index (χ1v) is 9.58. The molecular formula is C17H19N5O2S. The van der Waals surface area contributed by atoms with Crippen LogP contribution in [0.3, 0.4) is 0 Å². The number of nitrogens with zero attached hydrogens (tertiary/aromatic N) is 4. The van der Waals surface area contributed by atoms with Crippen molar-refractivity contribution in [3.05, 3.63) is 66.1 Å². The smallest absolute Gasteiger partial charge is 0.180 e. The maximum Gasteiger partial charge on any atom is 0.180 e. The number of imidazole rings is 1. The zero-order valence-corrected chi connectivity index (χ0v) is 15.0. The van der Waals surface area contributed by atoms with Gasteiger partial charge in [-0.2, -0.15) is 0 Å². The molecule has 1 N–H and O–H groups in total. The number of sulfone groups is 1. The Balaban J connectivity index is 2.12. The molecule has 8 heteroatoms. The predicted molar refractivity (Wildman–Crippen MR) is 95.0 cm³/mol. The molecule has 3 aromatic rings. The average Bonchev–Trinajstić information content (AvgIpc) is 2.98. The van der Waals surface area contributed by atoms with Crippen molar-refractivity contribution >= 4 is 15.7 Å². The van der Waals surface area contributed by atoms with Crippen molar-refractivity contribution in [1.29, 1.82) is 0 Å². The number of hydrogen-bond acceptors (Lipinski definition) is 6. The summed E-state index contributed by atoms with van der Waals surface area (Å²) < 4.78 is 26.1. The fraction of sp³-hybridized carbons (Fsp3) is 0.235. The molecule has 1 atom stereocenters. The first-order chi connectivity index (χ1) is 11.9. The maximum atomic E-state index is 12.1. The maximum absolute atomic E-state index is 12.1. The van der Waals surface area contributed by atoms with E-state index < -0.39 is 9.84 Å². The molecule has 1 aromatic carbocycles. The van der Waals surface area contributed by atoms with E-state index in [9.17, 15) is 8.42 Å². The molecule has 0 spiro atoms. The zero-order chi connectivity index (χ0) is 18.0. The molecule has 0 saturated heterocycles. The molecule has 25 heavy (non-hydrogen) atoms. The van der Waals surface area contributed by atoms with Crippen molar-refractivity contribution in [2.24, 2.45) is 7.05 Å². The molecule has 0 fully saturated rings. The Kier molecular flexibility index (Phi) is 4.54. The molecule has 0 bridgehead atoms. The highest BCUT2D eigenvalue weighted by Gasteiger charge is 2.23. The van der Waals surface area contributed by atoms with Gasteiger partial charge >= 0.3 is 0 Å². The van der Waals surface area contributed by atoms with Gasteiger partial charge in [0.25, 0.3) is 0 Å². The van der Waals surface area contributed by atoms with Gasteiger partial charge in [0.1, 0.15) is 28.4 Å². The number of nitrogens with one attached hydrogen (secondary N) is 1. The van der Waals surface area contributed by atoms with Crippen molar-refractivity contribution in [2.75, 3.05) is 11.6 Å². The van der Waals surface area contributed by atoms with E-state index in [-0.39, 0.29) is 16.8 Å². The summed E-state index contributed by atoms with van der Waals surface area (Å²) in [5.41, 5.74) is 0.951. The van der Waals surface area contributed by atoms with E-state index in [0.717, 1.165) is 17.6 Å². The largest absolute Gasteiger partial charge is 0.355 e. The summed E-state index contributed by atoms with van der Waals surface area (Å²) in [6.07, 6.45) is 6.02. The minimum Gasteiger partial charge on any atom is -0.355 e. The van der Waals surface area contributed by atoms with Crippen LogP contribution in [0, 0.1) is 6.92 Å². The van der Waals surface area contributed by atoms with Gasteiger partial charge in [-0.3, -0.25) is 0 Å². The number of rotatable bonds is 5. The lowest BCUT2D eigenvalue weighted by Gasteiger charge is -2.21. The fourth-order valence-electron chi connectivity index (χ4n) is 2.57.